The van der Waals surface area contributed by atoms with Crippen LogP contribution in [0.4, 0.5) is 4.79 Å². The van der Waals surface area contributed by atoms with Gasteiger partial charge in [0.2, 0.25) is 0 Å². The SMILES string of the molecule is O=C(NC(c1ccccc1)P(=O)(O)OCc1ccccc1)OCc1ccccc1. The summed E-state index contributed by atoms with van der Waals surface area (Å²) >= 11 is 0. The lowest BCUT2D eigenvalue weighted by atomic mass is 10.2. The Kier molecular flexibility index (Phi) is 7.19. The molecule has 0 aliphatic heterocycles. The van der Waals surface area contributed by atoms with E-state index in [1.54, 1.807) is 42.5 Å². The zero-order chi connectivity index (χ0) is 20.5. The van der Waals surface area contributed by atoms with E-state index in [2.05, 4.69) is 5.32 Å². The van der Waals surface area contributed by atoms with Crippen LogP contribution in [0.5, 0.6) is 0 Å². The number of alkyl carbamates (subject to hydrolysis) is 1. The Labute approximate surface area is 169 Å². The van der Waals surface area contributed by atoms with Crippen molar-refractivity contribution in [3.63, 3.8) is 0 Å². The van der Waals surface area contributed by atoms with Gasteiger partial charge in [-0.2, -0.15) is 0 Å². The van der Waals surface area contributed by atoms with Crippen molar-refractivity contribution >= 4 is 13.7 Å². The molecule has 2 unspecified atom stereocenters. The Balaban J connectivity index is 1.70. The van der Waals surface area contributed by atoms with Crippen LogP contribution in [0.3, 0.4) is 0 Å². The normalized spacial score (nSPS) is 13.8. The molecule has 1 amide bonds. The van der Waals surface area contributed by atoms with Gasteiger partial charge in [0.1, 0.15) is 6.61 Å². The number of rotatable bonds is 8. The maximum absolute atomic E-state index is 13.0. The second-order valence-corrected chi connectivity index (χ2v) is 8.25. The first kappa shape index (κ1) is 20.8. The minimum Gasteiger partial charge on any atom is -0.445 e. The lowest BCUT2D eigenvalue weighted by molar-refractivity contribution is 0.136. The fraction of sp³-hybridized carbons (Fsp3) is 0.136. The quantitative estimate of drug-likeness (QED) is 0.509. The van der Waals surface area contributed by atoms with Gasteiger partial charge in [-0.05, 0) is 16.7 Å². The van der Waals surface area contributed by atoms with Gasteiger partial charge in [-0.1, -0.05) is 91.0 Å². The van der Waals surface area contributed by atoms with E-state index in [0.29, 0.717) is 5.56 Å². The minimum atomic E-state index is -4.25. The molecule has 150 valence electrons. The summed E-state index contributed by atoms with van der Waals surface area (Å²) in [5, 5.41) is 2.48. The summed E-state index contributed by atoms with van der Waals surface area (Å²) in [6.07, 6.45) is -0.805. The highest BCUT2D eigenvalue weighted by molar-refractivity contribution is 7.53. The fourth-order valence-corrected chi connectivity index (χ4v) is 3.98. The standard InChI is InChI=1S/C22H22NO5P/c24-22(27-16-18-10-4-1-5-11-18)23-21(20-14-8-3-9-15-20)29(25,26)28-17-19-12-6-2-7-13-19/h1-15,21H,16-17H2,(H,23,24)(H,25,26). The van der Waals surface area contributed by atoms with E-state index in [4.69, 9.17) is 9.26 Å². The summed E-state index contributed by atoms with van der Waals surface area (Å²) < 4.78 is 23.5. The molecule has 0 radical (unpaired) electrons. The van der Waals surface area contributed by atoms with E-state index in [9.17, 15) is 14.3 Å². The van der Waals surface area contributed by atoms with Gasteiger partial charge in [-0.15, -0.1) is 0 Å². The topological polar surface area (TPSA) is 84.9 Å². The maximum Gasteiger partial charge on any atom is 0.408 e. The van der Waals surface area contributed by atoms with Crippen LogP contribution in [-0.2, 0) is 27.0 Å². The molecule has 0 aliphatic rings. The number of carbonyl (C=O) groups excluding carboxylic acids is 1. The van der Waals surface area contributed by atoms with Crippen molar-refractivity contribution in [3.8, 4) is 0 Å². The molecule has 3 aromatic rings. The summed E-state index contributed by atoms with van der Waals surface area (Å²) in [6.45, 7) is -0.00647. The second-order valence-electron chi connectivity index (χ2n) is 6.34. The van der Waals surface area contributed by atoms with Crippen LogP contribution in [-0.4, -0.2) is 11.0 Å². The monoisotopic (exact) mass is 411 g/mol. The van der Waals surface area contributed by atoms with Gasteiger partial charge in [0.15, 0.2) is 5.78 Å². The van der Waals surface area contributed by atoms with Crippen molar-refractivity contribution in [2.45, 2.75) is 19.0 Å². The van der Waals surface area contributed by atoms with E-state index in [0.717, 1.165) is 11.1 Å². The average molecular weight is 411 g/mol. The van der Waals surface area contributed by atoms with Crippen molar-refractivity contribution < 1.29 is 23.5 Å². The number of ether oxygens (including phenoxy) is 1. The van der Waals surface area contributed by atoms with Crippen molar-refractivity contribution in [2.75, 3.05) is 0 Å². The molecule has 3 aromatic carbocycles. The largest absolute Gasteiger partial charge is 0.445 e. The highest BCUT2D eigenvalue weighted by atomic mass is 31.2. The highest BCUT2D eigenvalue weighted by Gasteiger charge is 2.36. The predicted molar refractivity (Wildman–Crippen MR) is 110 cm³/mol. The molecule has 0 saturated heterocycles. The average Bonchev–Trinajstić information content (AvgIpc) is 2.76. The highest BCUT2D eigenvalue weighted by Crippen LogP contribution is 2.55. The molecule has 7 heteroatoms. The van der Waals surface area contributed by atoms with Crippen molar-refractivity contribution in [2.24, 2.45) is 0 Å². The molecular formula is C22H22NO5P. The first-order valence-electron chi connectivity index (χ1n) is 9.08. The Morgan fingerprint density at radius 3 is 1.86 bits per heavy atom. The zero-order valence-electron chi connectivity index (χ0n) is 15.7. The van der Waals surface area contributed by atoms with Crippen LogP contribution in [0, 0.1) is 0 Å². The Morgan fingerprint density at radius 1 is 0.828 bits per heavy atom. The molecule has 0 saturated carbocycles. The first-order chi connectivity index (χ1) is 14.0. The number of hydrogen-bond acceptors (Lipinski definition) is 4. The number of nitrogens with one attached hydrogen (secondary N) is 1. The number of carbonyl (C=O) groups is 1. The van der Waals surface area contributed by atoms with Gasteiger partial charge in [0, 0.05) is 0 Å². The molecule has 0 aromatic heterocycles. The maximum atomic E-state index is 13.0. The number of amides is 1. The lowest BCUT2D eigenvalue weighted by Crippen LogP contribution is -2.29. The summed E-state index contributed by atoms with van der Waals surface area (Å²) in [4.78, 5) is 22.9. The van der Waals surface area contributed by atoms with Gasteiger partial charge < -0.3 is 19.5 Å². The first-order valence-corrected chi connectivity index (χ1v) is 10.7. The third kappa shape index (κ3) is 6.29. The van der Waals surface area contributed by atoms with Gasteiger partial charge in [-0.25, -0.2) is 4.79 Å². The van der Waals surface area contributed by atoms with Crippen LogP contribution >= 0.6 is 7.60 Å². The number of hydrogen-bond donors (Lipinski definition) is 2. The van der Waals surface area contributed by atoms with Crippen molar-refractivity contribution in [3.05, 3.63) is 108 Å². The van der Waals surface area contributed by atoms with Crippen molar-refractivity contribution in [1.82, 2.24) is 5.32 Å². The molecule has 2 atom stereocenters. The summed E-state index contributed by atoms with van der Waals surface area (Å²) in [7, 11) is -4.25. The molecular weight excluding hydrogens is 389 g/mol. The van der Waals surface area contributed by atoms with Crippen LogP contribution in [0.25, 0.3) is 0 Å². The van der Waals surface area contributed by atoms with Gasteiger partial charge >= 0.3 is 13.7 Å². The van der Waals surface area contributed by atoms with Crippen LogP contribution in [0.2, 0.25) is 0 Å². The summed E-state index contributed by atoms with van der Waals surface area (Å²) in [5.41, 5.74) is 2.01. The molecule has 0 heterocycles. The van der Waals surface area contributed by atoms with Crippen LogP contribution in [0.15, 0.2) is 91.0 Å². The number of benzene rings is 3. The molecule has 3 rings (SSSR count). The summed E-state index contributed by atoms with van der Waals surface area (Å²) in [6, 6.07) is 26.7. The Hall–Kier alpha value is -2.92. The van der Waals surface area contributed by atoms with E-state index in [-0.39, 0.29) is 13.2 Å². The summed E-state index contributed by atoms with van der Waals surface area (Å²) in [5.74, 6) is -1.25. The third-order valence-electron chi connectivity index (χ3n) is 4.17. The van der Waals surface area contributed by atoms with Crippen LogP contribution in [0.1, 0.15) is 22.5 Å². The molecule has 29 heavy (non-hydrogen) atoms. The van der Waals surface area contributed by atoms with E-state index in [1.165, 1.54) is 0 Å². The third-order valence-corrected chi connectivity index (χ3v) is 5.75. The van der Waals surface area contributed by atoms with E-state index in [1.807, 2.05) is 48.5 Å². The van der Waals surface area contributed by atoms with E-state index >= 15 is 0 Å². The molecule has 0 bridgehead atoms. The fourth-order valence-electron chi connectivity index (χ4n) is 2.68. The molecule has 2 N–H and O–H groups in total. The predicted octanol–water partition coefficient (Wildman–Crippen LogP) is 5.01. The van der Waals surface area contributed by atoms with Gasteiger partial charge in [0.05, 0.1) is 6.61 Å². The molecule has 0 spiro atoms. The second kappa shape index (κ2) is 10.0. The van der Waals surface area contributed by atoms with Crippen molar-refractivity contribution in [1.29, 1.82) is 0 Å². The van der Waals surface area contributed by atoms with Gasteiger partial charge in [-0.3, -0.25) is 4.57 Å². The lowest BCUT2D eigenvalue weighted by Gasteiger charge is -2.24. The zero-order valence-corrected chi connectivity index (χ0v) is 16.6. The Morgan fingerprint density at radius 2 is 1.31 bits per heavy atom. The van der Waals surface area contributed by atoms with Gasteiger partial charge in [0.25, 0.3) is 0 Å². The smallest absolute Gasteiger partial charge is 0.408 e. The minimum absolute atomic E-state index is 0.0504. The van der Waals surface area contributed by atoms with Crippen LogP contribution < -0.4 is 5.32 Å². The molecule has 6 nitrogen and oxygen atoms in total. The Bertz CT molecular complexity index is 951. The molecule has 0 fully saturated rings. The van der Waals surface area contributed by atoms with E-state index < -0.39 is 19.5 Å². The molecule has 0 aliphatic carbocycles.